The van der Waals surface area contributed by atoms with Gasteiger partial charge in [-0.2, -0.15) is 0 Å². The first-order chi connectivity index (χ1) is 5.47. The fourth-order valence-corrected chi connectivity index (χ4v) is 1.76. The molecule has 0 radical (unpaired) electrons. The Morgan fingerprint density at radius 1 is 1.33 bits per heavy atom. The standard InChI is InChI=1S/C9H13Cl3/c1-2-8(6-7-8)4-3-5-9(10,11)12/h2H,1,3-7H2. The van der Waals surface area contributed by atoms with Gasteiger partial charge in [-0.25, -0.2) is 0 Å². The van der Waals surface area contributed by atoms with Gasteiger partial charge in [0.05, 0.1) is 0 Å². The highest BCUT2D eigenvalue weighted by molar-refractivity contribution is 6.67. The topological polar surface area (TPSA) is 0 Å². The molecule has 0 unspecified atom stereocenters. The highest BCUT2D eigenvalue weighted by Gasteiger charge is 2.38. The average molecular weight is 228 g/mol. The molecule has 0 amide bonds. The lowest BCUT2D eigenvalue weighted by Crippen LogP contribution is -2.03. The summed E-state index contributed by atoms with van der Waals surface area (Å²) in [5.41, 5.74) is 0.399. The van der Waals surface area contributed by atoms with Gasteiger partial charge in [0.25, 0.3) is 0 Å². The van der Waals surface area contributed by atoms with E-state index in [9.17, 15) is 0 Å². The number of hydrogen-bond acceptors (Lipinski definition) is 0. The Morgan fingerprint density at radius 2 is 1.92 bits per heavy atom. The van der Waals surface area contributed by atoms with Crippen LogP contribution in [0.1, 0.15) is 32.1 Å². The molecule has 1 rings (SSSR count). The molecule has 70 valence electrons. The minimum atomic E-state index is -1.07. The van der Waals surface area contributed by atoms with Crippen LogP contribution >= 0.6 is 34.8 Å². The van der Waals surface area contributed by atoms with Crippen LogP contribution in [0, 0.1) is 5.41 Å². The van der Waals surface area contributed by atoms with Crippen LogP contribution < -0.4 is 0 Å². The molecule has 0 spiro atoms. The van der Waals surface area contributed by atoms with Gasteiger partial charge in [-0.05, 0) is 37.5 Å². The third-order valence-electron chi connectivity index (χ3n) is 2.46. The molecule has 1 aliphatic carbocycles. The zero-order valence-electron chi connectivity index (χ0n) is 6.95. The summed E-state index contributed by atoms with van der Waals surface area (Å²) in [7, 11) is 0. The van der Waals surface area contributed by atoms with E-state index in [2.05, 4.69) is 6.58 Å². The minimum absolute atomic E-state index is 0.399. The van der Waals surface area contributed by atoms with E-state index < -0.39 is 3.79 Å². The van der Waals surface area contributed by atoms with Crippen molar-refractivity contribution in [1.82, 2.24) is 0 Å². The SMILES string of the molecule is C=CC1(CCCC(Cl)(Cl)Cl)CC1. The highest BCUT2D eigenvalue weighted by Crippen LogP contribution is 2.51. The van der Waals surface area contributed by atoms with Gasteiger partial charge in [0, 0.05) is 0 Å². The van der Waals surface area contributed by atoms with Gasteiger partial charge in [0.1, 0.15) is 0 Å². The molecule has 0 aromatic heterocycles. The molecule has 0 nitrogen and oxygen atoms in total. The average Bonchev–Trinajstić information content (AvgIpc) is 2.67. The van der Waals surface area contributed by atoms with E-state index in [4.69, 9.17) is 34.8 Å². The molecule has 0 N–H and O–H groups in total. The molecule has 0 bridgehead atoms. The first-order valence-electron chi connectivity index (χ1n) is 4.18. The lowest BCUT2D eigenvalue weighted by Gasteiger charge is -2.13. The quantitative estimate of drug-likeness (QED) is 0.490. The second kappa shape index (κ2) is 3.77. The van der Waals surface area contributed by atoms with Crippen LogP contribution in [0.25, 0.3) is 0 Å². The van der Waals surface area contributed by atoms with Crippen molar-refractivity contribution in [2.45, 2.75) is 35.9 Å². The van der Waals surface area contributed by atoms with Gasteiger partial charge >= 0.3 is 0 Å². The summed E-state index contributed by atoms with van der Waals surface area (Å²) >= 11 is 16.9. The van der Waals surface area contributed by atoms with Gasteiger partial charge in [-0.3, -0.25) is 0 Å². The van der Waals surface area contributed by atoms with Gasteiger partial charge < -0.3 is 0 Å². The van der Waals surface area contributed by atoms with Crippen LogP contribution in [-0.2, 0) is 0 Å². The number of allylic oxidation sites excluding steroid dienone is 1. The monoisotopic (exact) mass is 226 g/mol. The lowest BCUT2D eigenvalue weighted by molar-refractivity contribution is 0.537. The molecule has 3 heteroatoms. The first-order valence-corrected chi connectivity index (χ1v) is 5.31. The van der Waals surface area contributed by atoms with Crippen molar-refractivity contribution >= 4 is 34.8 Å². The molecule has 1 fully saturated rings. The van der Waals surface area contributed by atoms with Gasteiger partial charge in [-0.15, -0.1) is 6.58 Å². The Balaban J connectivity index is 2.14. The van der Waals surface area contributed by atoms with Crippen molar-refractivity contribution in [3.8, 4) is 0 Å². The summed E-state index contributed by atoms with van der Waals surface area (Å²) < 4.78 is -1.07. The number of halogens is 3. The Hall–Kier alpha value is 0.610. The van der Waals surface area contributed by atoms with E-state index in [-0.39, 0.29) is 0 Å². The Morgan fingerprint density at radius 3 is 2.25 bits per heavy atom. The number of hydrogen-bond donors (Lipinski definition) is 0. The Labute approximate surface area is 88.9 Å². The van der Waals surface area contributed by atoms with Gasteiger partial charge in [0.15, 0.2) is 3.79 Å². The maximum Gasteiger partial charge on any atom is 0.190 e. The predicted molar refractivity (Wildman–Crippen MR) is 56.0 cm³/mol. The number of alkyl halides is 3. The van der Waals surface area contributed by atoms with Crippen molar-refractivity contribution in [3.63, 3.8) is 0 Å². The van der Waals surface area contributed by atoms with Crippen LogP contribution in [0.2, 0.25) is 0 Å². The summed E-state index contributed by atoms with van der Waals surface area (Å²) in [6, 6.07) is 0. The fourth-order valence-electron chi connectivity index (χ4n) is 1.36. The molecule has 0 atom stereocenters. The minimum Gasteiger partial charge on any atom is -0.103 e. The van der Waals surface area contributed by atoms with Crippen LogP contribution in [0.5, 0.6) is 0 Å². The molecule has 0 aromatic carbocycles. The van der Waals surface area contributed by atoms with Gasteiger partial charge in [0.2, 0.25) is 0 Å². The second-order valence-electron chi connectivity index (χ2n) is 3.54. The second-order valence-corrected chi connectivity index (χ2v) is 6.05. The van der Waals surface area contributed by atoms with Crippen LogP contribution in [0.4, 0.5) is 0 Å². The molecule has 1 saturated carbocycles. The Bertz CT molecular complexity index is 165. The van der Waals surface area contributed by atoms with Crippen molar-refractivity contribution in [1.29, 1.82) is 0 Å². The first kappa shape index (κ1) is 10.7. The van der Waals surface area contributed by atoms with E-state index in [1.807, 2.05) is 6.08 Å². The molecule has 0 aliphatic heterocycles. The van der Waals surface area contributed by atoms with Gasteiger partial charge in [-0.1, -0.05) is 40.9 Å². The maximum atomic E-state index is 5.63. The number of rotatable bonds is 4. The molecule has 0 heterocycles. The van der Waals surface area contributed by atoms with Crippen molar-refractivity contribution in [3.05, 3.63) is 12.7 Å². The van der Waals surface area contributed by atoms with Crippen LogP contribution in [0.15, 0.2) is 12.7 Å². The summed E-state index contributed by atoms with van der Waals surface area (Å²) in [4.78, 5) is 0. The van der Waals surface area contributed by atoms with Crippen LogP contribution in [-0.4, -0.2) is 3.79 Å². The molecular weight excluding hydrogens is 214 g/mol. The van der Waals surface area contributed by atoms with E-state index >= 15 is 0 Å². The summed E-state index contributed by atoms with van der Waals surface area (Å²) in [6.45, 7) is 3.81. The molecule has 0 aromatic rings. The predicted octanol–water partition coefficient (Wildman–Crippen LogP) is 4.49. The molecule has 12 heavy (non-hydrogen) atoms. The third-order valence-corrected chi connectivity index (χ3v) is 3.03. The summed E-state index contributed by atoms with van der Waals surface area (Å²) in [5.74, 6) is 0. The summed E-state index contributed by atoms with van der Waals surface area (Å²) in [6.07, 6.45) is 7.30. The third kappa shape index (κ3) is 3.55. The zero-order valence-corrected chi connectivity index (χ0v) is 9.22. The largest absolute Gasteiger partial charge is 0.190 e. The smallest absolute Gasteiger partial charge is 0.103 e. The lowest BCUT2D eigenvalue weighted by atomic mass is 10.00. The van der Waals surface area contributed by atoms with Crippen molar-refractivity contribution < 1.29 is 0 Å². The highest BCUT2D eigenvalue weighted by atomic mass is 35.6. The van der Waals surface area contributed by atoms with Crippen LogP contribution in [0.3, 0.4) is 0 Å². The Kier molecular flexibility index (Phi) is 3.36. The zero-order chi connectivity index (χ0) is 9.24. The van der Waals surface area contributed by atoms with Crippen molar-refractivity contribution in [2.75, 3.05) is 0 Å². The molecular formula is C9H13Cl3. The molecule has 0 saturated heterocycles. The van der Waals surface area contributed by atoms with E-state index in [0.29, 0.717) is 11.8 Å². The van der Waals surface area contributed by atoms with E-state index in [0.717, 1.165) is 12.8 Å². The normalized spacial score (nSPS) is 20.6. The fraction of sp³-hybridized carbons (Fsp3) is 0.778. The summed E-state index contributed by atoms with van der Waals surface area (Å²) in [5, 5.41) is 0. The maximum absolute atomic E-state index is 5.63. The van der Waals surface area contributed by atoms with Crippen molar-refractivity contribution in [2.24, 2.45) is 5.41 Å². The van der Waals surface area contributed by atoms with E-state index in [1.54, 1.807) is 0 Å². The molecule has 1 aliphatic rings. The van der Waals surface area contributed by atoms with E-state index in [1.165, 1.54) is 12.8 Å².